The van der Waals surface area contributed by atoms with Gasteiger partial charge in [-0.15, -0.1) is 0 Å². The molecule has 142 valence electrons. The first kappa shape index (κ1) is 18.0. The minimum atomic E-state index is -0.626. The van der Waals surface area contributed by atoms with Crippen LogP contribution in [0.2, 0.25) is 0 Å². The lowest BCUT2D eigenvalue weighted by Crippen LogP contribution is -2.36. The van der Waals surface area contributed by atoms with Crippen LogP contribution in [-0.2, 0) is 16.1 Å². The molecule has 0 saturated carbocycles. The first-order chi connectivity index (χ1) is 13.6. The van der Waals surface area contributed by atoms with Crippen LogP contribution in [0.4, 0.5) is 5.69 Å². The molecule has 2 aromatic carbocycles. The molecule has 0 bridgehead atoms. The van der Waals surface area contributed by atoms with Crippen molar-refractivity contribution in [3.8, 4) is 5.69 Å². The predicted octanol–water partition coefficient (Wildman–Crippen LogP) is 2.85. The van der Waals surface area contributed by atoms with E-state index < -0.39 is 5.92 Å². The molecule has 1 aliphatic heterocycles. The van der Waals surface area contributed by atoms with Gasteiger partial charge in [0.05, 0.1) is 0 Å². The zero-order chi connectivity index (χ0) is 19.5. The number of para-hydroxylation sites is 1. The van der Waals surface area contributed by atoms with Gasteiger partial charge in [0.1, 0.15) is 11.7 Å². The van der Waals surface area contributed by atoms with Gasteiger partial charge in [0.2, 0.25) is 11.8 Å². The maximum atomic E-state index is 12.7. The number of aromatic nitrogens is 2. The monoisotopic (exact) mass is 374 g/mol. The number of imidazole rings is 1. The van der Waals surface area contributed by atoms with Crippen molar-refractivity contribution in [3.05, 3.63) is 78.4 Å². The molecule has 4 rings (SSSR count). The predicted molar refractivity (Wildman–Crippen MR) is 107 cm³/mol. The van der Waals surface area contributed by atoms with E-state index in [1.165, 1.54) is 0 Å². The molecule has 1 aliphatic rings. The molecule has 0 spiro atoms. The molecular formula is C22H22N4O2. The molecule has 1 N–H and O–H groups in total. The van der Waals surface area contributed by atoms with Crippen molar-refractivity contribution >= 4 is 17.5 Å². The number of benzene rings is 2. The summed E-state index contributed by atoms with van der Waals surface area (Å²) >= 11 is 0. The number of hydrogen-bond donors (Lipinski definition) is 1. The Hall–Kier alpha value is -3.41. The van der Waals surface area contributed by atoms with Gasteiger partial charge in [-0.3, -0.25) is 9.59 Å². The summed E-state index contributed by atoms with van der Waals surface area (Å²) in [5.74, 6) is -0.0721. The van der Waals surface area contributed by atoms with Crippen molar-refractivity contribution in [2.75, 3.05) is 11.4 Å². The van der Waals surface area contributed by atoms with E-state index in [2.05, 4.69) is 10.3 Å². The fourth-order valence-corrected chi connectivity index (χ4v) is 3.57. The van der Waals surface area contributed by atoms with Crippen LogP contribution in [0.5, 0.6) is 0 Å². The van der Waals surface area contributed by atoms with Gasteiger partial charge in [-0.05, 0) is 43.2 Å². The summed E-state index contributed by atoms with van der Waals surface area (Å²) < 4.78 is 1.99. The second-order valence-corrected chi connectivity index (χ2v) is 6.90. The van der Waals surface area contributed by atoms with Gasteiger partial charge in [-0.25, -0.2) is 4.98 Å². The van der Waals surface area contributed by atoms with E-state index in [0.717, 1.165) is 22.8 Å². The maximum absolute atomic E-state index is 12.7. The number of nitrogens with one attached hydrogen (secondary N) is 1. The molecule has 1 atom stereocenters. The molecule has 28 heavy (non-hydrogen) atoms. The van der Waals surface area contributed by atoms with Crippen molar-refractivity contribution in [3.63, 3.8) is 0 Å². The Morgan fingerprint density at radius 1 is 1.14 bits per heavy atom. The lowest BCUT2D eigenvalue weighted by molar-refractivity contribution is -0.132. The van der Waals surface area contributed by atoms with Gasteiger partial charge < -0.3 is 14.8 Å². The van der Waals surface area contributed by atoms with Gasteiger partial charge in [0, 0.05) is 36.9 Å². The third-order valence-corrected chi connectivity index (χ3v) is 5.07. The zero-order valence-electron chi connectivity index (χ0n) is 15.7. The van der Waals surface area contributed by atoms with Gasteiger partial charge in [0.15, 0.2) is 0 Å². The van der Waals surface area contributed by atoms with Crippen molar-refractivity contribution in [2.45, 2.75) is 19.9 Å². The topological polar surface area (TPSA) is 67.2 Å². The van der Waals surface area contributed by atoms with Crippen LogP contribution in [-0.4, -0.2) is 27.9 Å². The van der Waals surface area contributed by atoms with E-state index in [1.54, 1.807) is 11.1 Å². The summed E-state index contributed by atoms with van der Waals surface area (Å²) in [4.78, 5) is 31.2. The fraction of sp³-hybridized carbons (Fsp3) is 0.227. The summed E-state index contributed by atoms with van der Waals surface area (Å²) in [5, 5.41) is 2.92. The molecular weight excluding hydrogens is 352 g/mol. The van der Waals surface area contributed by atoms with Crippen molar-refractivity contribution in [2.24, 2.45) is 5.92 Å². The molecule has 6 heteroatoms. The first-order valence-corrected chi connectivity index (χ1v) is 9.37. The Morgan fingerprint density at radius 2 is 1.93 bits per heavy atom. The highest BCUT2D eigenvalue weighted by Crippen LogP contribution is 2.25. The number of carbonyl (C=O) groups excluding carboxylic acids is 2. The van der Waals surface area contributed by atoms with E-state index in [1.807, 2.05) is 72.3 Å². The quantitative estimate of drug-likeness (QED) is 0.699. The minimum Gasteiger partial charge on any atom is -0.351 e. The summed E-state index contributed by atoms with van der Waals surface area (Å²) in [7, 11) is 0. The molecule has 0 aliphatic carbocycles. The van der Waals surface area contributed by atoms with Gasteiger partial charge in [-0.2, -0.15) is 0 Å². The maximum Gasteiger partial charge on any atom is 0.239 e. The van der Waals surface area contributed by atoms with Crippen LogP contribution in [0.1, 0.15) is 17.8 Å². The summed E-state index contributed by atoms with van der Waals surface area (Å²) in [5.41, 5.74) is 2.81. The van der Waals surface area contributed by atoms with Crippen LogP contribution in [0.25, 0.3) is 5.69 Å². The molecule has 3 aromatic rings. The minimum absolute atomic E-state index is 0.133. The average Bonchev–Trinajstić information content (AvgIpc) is 3.32. The lowest BCUT2D eigenvalue weighted by atomic mass is 10.1. The third-order valence-electron chi connectivity index (χ3n) is 5.07. The SMILES string of the molecule is Cc1nccn1-c1cccc(CNC(=O)C2CCN(c3ccccc3)C2=O)c1. The summed E-state index contributed by atoms with van der Waals surface area (Å²) in [6.45, 7) is 2.89. The first-order valence-electron chi connectivity index (χ1n) is 9.37. The molecule has 0 radical (unpaired) electrons. The third kappa shape index (κ3) is 3.53. The smallest absolute Gasteiger partial charge is 0.239 e. The second kappa shape index (κ2) is 7.68. The number of rotatable bonds is 5. The van der Waals surface area contributed by atoms with Crippen LogP contribution < -0.4 is 10.2 Å². The normalized spacial score (nSPS) is 16.4. The van der Waals surface area contributed by atoms with Gasteiger partial charge >= 0.3 is 0 Å². The molecule has 2 amide bonds. The molecule has 2 heterocycles. The zero-order valence-corrected chi connectivity index (χ0v) is 15.7. The molecule has 1 unspecified atom stereocenters. The van der Waals surface area contributed by atoms with Crippen LogP contribution in [0.3, 0.4) is 0 Å². The Morgan fingerprint density at radius 3 is 2.68 bits per heavy atom. The van der Waals surface area contributed by atoms with Crippen LogP contribution in [0.15, 0.2) is 67.0 Å². The largest absolute Gasteiger partial charge is 0.351 e. The van der Waals surface area contributed by atoms with E-state index in [0.29, 0.717) is 19.5 Å². The average molecular weight is 374 g/mol. The Bertz CT molecular complexity index is 997. The number of amides is 2. The second-order valence-electron chi connectivity index (χ2n) is 6.90. The van der Waals surface area contributed by atoms with Crippen molar-refractivity contribution < 1.29 is 9.59 Å². The molecule has 1 aromatic heterocycles. The van der Waals surface area contributed by atoms with Crippen molar-refractivity contribution in [1.82, 2.24) is 14.9 Å². The number of hydrogen-bond acceptors (Lipinski definition) is 3. The number of anilines is 1. The van der Waals surface area contributed by atoms with Gasteiger partial charge in [-0.1, -0.05) is 30.3 Å². The number of nitrogens with zero attached hydrogens (tertiary/aromatic N) is 3. The Labute approximate surface area is 163 Å². The Balaban J connectivity index is 1.40. The van der Waals surface area contributed by atoms with E-state index in [9.17, 15) is 9.59 Å². The van der Waals surface area contributed by atoms with E-state index in [4.69, 9.17) is 0 Å². The highest BCUT2D eigenvalue weighted by Gasteiger charge is 2.37. The van der Waals surface area contributed by atoms with E-state index in [-0.39, 0.29) is 11.8 Å². The molecule has 1 saturated heterocycles. The number of aryl methyl sites for hydroxylation is 1. The van der Waals surface area contributed by atoms with Crippen molar-refractivity contribution in [1.29, 1.82) is 0 Å². The Kier molecular flexibility index (Phi) is 4.93. The fourth-order valence-electron chi connectivity index (χ4n) is 3.57. The molecule has 1 fully saturated rings. The van der Waals surface area contributed by atoms with E-state index >= 15 is 0 Å². The van der Waals surface area contributed by atoms with Crippen LogP contribution in [0, 0.1) is 12.8 Å². The highest BCUT2D eigenvalue weighted by atomic mass is 16.2. The standard InChI is InChI=1S/C22H22N4O2/c1-16-23-11-13-25(16)19-9-5-6-17(14-19)15-24-21(27)20-10-12-26(22(20)28)18-7-3-2-4-8-18/h2-9,11,13-14,20H,10,12,15H2,1H3,(H,24,27). The lowest BCUT2D eigenvalue weighted by Gasteiger charge is -2.16. The summed E-state index contributed by atoms with van der Waals surface area (Å²) in [6.07, 6.45) is 4.20. The summed E-state index contributed by atoms with van der Waals surface area (Å²) in [6, 6.07) is 17.4. The molecule has 6 nitrogen and oxygen atoms in total. The van der Waals surface area contributed by atoms with Crippen LogP contribution >= 0.6 is 0 Å². The van der Waals surface area contributed by atoms with Gasteiger partial charge in [0.25, 0.3) is 0 Å². The highest BCUT2D eigenvalue weighted by molar-refractivity contribution is 6.09. The number of carbonyl (C=O) groups is 2.